The minimum Gasteiger partial charge on any atom is -0.483 e. The fourth-order valence-electron chi connectivity index (χ4n) is 3.27. The molecule has 0 spiro atoms. The quantitative estimate of drug-likeness (QED) is 0.629. The highest BCUT2D eigenvalue weighted by Gasteiger charge is 2.29. The Hall–Kier alpha value is -2.53. The Morgan fingerprint density at radius 2 is 1.77 bits per heavy atom. The molecule has 0 heterocycles. The molecule has 0 unspecified atom stereocenters. The van der Waals surface area contributed by atoms with Gasteiger partial charge in [-0.05, 0) is 63.4 Å². The largest absolute Gasteiger partial charge is 0.483 e. The van der Waals surface area contributed by atoms with E-state index in [1.54, 1.807) is 17.0 Å². The third-order valence-electron chi connectivity index (χ3n) is 4.76. The molecule has 30 heavy (non-hydrogen) atoms. The van der Waals surface area contributed by atoms with Crippen molar-refractivity contribution in [2.45, 2.75) is 59.7 Å². The second-order valence-corrected chi connectivity index (χ2v) is 8.23. The molecule has 5 nitrogen and oxygen atoms in total. The Morgan fingerprint density at radius 1 is 1.10 bits per heavy atom. The molecule has 0 aliphatic heterocycles. The van der Waals surface area contributed by atoms with E-state index in [0.29, 0.717) is 23.7 Å². The standard InChI is InChI=1S/C24H31ClN2O3/c1-6-21(24(29)26-16(2)3)27(14-19-8-10-20(25)11-9-19)23(28)15-30-22-12-7-17(4)13-18(22)5/h7-13,16,21H,6,14-15H2,1-5H3,(H,26,29)/t21-/m0/s1. The van der Waals surface area contributed by atoms with Crippen molar-refractivity contribution in [2.75, 3.05) is 6.61 Å². The van der Waals surface area contributed by atoms with E-state index in [4.69, 9.17) is 16.3 Å². The van der Waals surface area contributed by atoms with Crippen LogP contribution in [0.25, 0.3) is 0 Å². The Kier molecular flexibility index (Phi) is 8.72. The highest BCUT2D eigenvalue weighted by Crippen LogP contribution is 2.20. The highest BCUT2D eigenvalue weighted by molar-refractivity contribution is 6.30. The lowest BCUT2D eigenvalue weighted by Gasteiger charge is -2.31. The minimum absolute atomic E-state index is 0.00880. The number of halogens is 1. The van der Waals surface area contributed by atoms with E-state index in [1.807, 2.05) is 65.0 Å². The van der Waals surface area contributed by atoms with Crippen LogP contribution in [0.3, 0.4) is 0 Å². The van der Waals surface area contributed by atoms with Gasteiger partial charge in [-0.1, -0.05) is 48.4 Å². The van der Waals surface area contributed by atoms with E-state index < -0.39 is 6.04 Å². The fraction of sp³-hybridized carbons (Fsp3) is 0.417. The van der Waals surface area contributed by atoms with Gasteiger partial charge in [0.25, 0.3) is 5.91 Å². The molecule has 2 rings (SSSR count). The number of nitrogens with zero attached hydrogens (tertiary/aromatic N) is 1. The first-order valence-corrected chi connectivity index (χ1v) is 10.6. The number of nitrogens with one attached hydrogen (secondary N) is 1. The van der Waals surface area contributed by atoms with E-state index in [-0.39, 0.29) is 24.5 Å². The van der Waals surface area contributed by atoms with Gasteiger partial charge in [-0.3, -0.25) is 9.59 Å². The molecule has 6 heteroatoms. The molecule has 2 aromatic rings. The summed E-state index contributed by atoms with van der Waals surface area (Å²) in [7, 11) is 0. The van der Waals surface area contributed by atoms with Gasteiger partial charge in [0.05, 0.1) is 0 Å². The van der Waals surface area contributed by atoms with Crippen LogP contribution in [0, 0.1) is 13.8 Å². The van der Waals surface area contributed by atoms with E-state index in [1.165, 1.54) is 0 Å². The van der Waals surface area contributed by atoms with E-state index >= 15 is 0 Å². The molecule has 0 aliphatic carbocycles. The Balaban J connectivity index is 2.22. The molecular weight excluding hydrogens is 400 g/mol. The number of carbonyl (C=O) groups excluding carboxylic acids is 2. The summed E-state index contributed by atoms with van der Waals surface area (Å²) in [4.78, 5) is 27.5. The molecular formula is C24H31ClN2O3. The summed E-state index contributed by atoms with van der Waals surface area (Å²) in [6, 6.07) is 12.5. The lowest BCUT2D eigenvalue weighted by atomic mass is 10.1. The number of ether oxygens (including phenoxy) is 1. The van der Waals surface area contributed by atoms with Gasteiger partial charge in [-0.2, -0.15) is 0 Å². The molecule has 2 aromatic carbocycles. The normalized spacial score (nSPS) is 11.8. The van der Waals surface area contributed by atoms with Crippen LogP contribution in [0.2, 0.25) is 5.02 Å². The van der Waals surface area contributed by atoms with Gasteiger partial charge in [-0.15, -0.1) is 0 Å². The summed E-state index contributed by atoms with van der Waals surface area (Å²) in [5.74, 6) is 0.261. The number of carbonyl (C=O) groups is 2. The summed E-state index contributed by atoms with van der Waals surface area (Å²) in [6.45, 7) is 9.83. The van der Waals surface area contributed by atoms with Crippen LogP contribution in [-0.4, -0.2) is 35.4 Å². The molecule has 0 aromatic heterocycles. The van der Waals surface area contributed by atoms with Crippen molar-refractivity contribution in [1.29, 1.82) is 0 Å². The molecule has 0 radical (unpaired) electrons. The average molecular weight is 431 g/mol. The monoisotopic (exact) mass is 430 g/mol. The van der Waals surface area contributed by atoms with Gasteiger partial charge in [0, 0.05) is 17.6 Å². The van der Waals surface area contributed by atoms with E-state index in [0.717, 1.165) is 16.7 Å². The number of aryl methyl sites for hydroxylation is 2. The maximum absolute atomic E-state index is 13.2. The van der Waals surface area contributed by atoms with Crippen LogP contribution < -0.4 is 10.1 Å². The minimum atomic E-state index is -0.585. The third kappa shape index (κ3) is 6.77. The third-order valence-corrected chi connectivity index (χ3v) is 5.02. The maximum Gasteiger partial charge on any atom is 0.261 e. The Labute approximate surface area is 184 Å². The summed E-state index contributed by atoms with van der Waals surface area (Å²) in [6.07, 6.45) is 0.501. The lowest BCUT2D eigenvalue weighted by Crippen LogP contribution is -2.51. The molecule has 0 aliphatic rings. The second kappa shape index (κ2) is 11.0. The predicted molar refractivity (Wildman–Crippen MR) is 121 cm³/mol. The van der Waals surface area contributed by atoms with Crippen LogP contribution in [0.1, 0.15) is 43.9 Å². The molecule has 1 atom stereocenters. The van der Waals surface area contributed by atoms with Crippen molar-refractivity contribution in [3.05, 3.63) is 64.2 Å². The van der Waals surface area contributed by atoms with Gasteiger partial charge < -0.3 is 15.0 Å². The van der Waals surface area contributed by atoms with Crippen molar-refractivity contribution in [3.63, 3.8) is 0 Å². The topological polar surface area (TPSA) is 58.6 Å². The average Bonchev–Trinajstić information content (AvgIpc) is 2.68. The molecule has 1 N–H and O–H groups in total. The lowest BCUT2D eigenvalue weighted by molar-refractivity contribution is -0.143. The van der Waals surface area contributed by atoms with E-state index in [2.05, 4.69) is 5.32 Å². The van der Waals surface area contributed by atoms with Crippen LogP contribution in [0.15, 0.2) is 42.5 Å². The fourth-order valence-corrected chi connectivity index (χ4v) is 3.40. The number of benzene rings is 2. The second-order valence-electron chi connectivity index (χ2n) is 7.79. The van der Waals surface area contributed by atoms with Crippen molar-refractivity contribution in [1.82, 2.24) is 10.2 Å². The molecule has 2 amide bonds. The summed E-state index contributed by atoms with van der Waals surface area (Å²) >= 11 is 5.99. The zero-order valence-corrected chi connectivity index (χ0v) is 19.1. The number of hydrogen-bond donors (Lipinski definition) is 1. The zero-order valence-electron chi connectivity index (χ0n) is 18.4. The molecule has 162 valence electrons. The van der Waals surface area contributed by atoms with Gasteiger partial charge in [0.2, 0.25) is 5.91 Å². The first-order valence-electron chi connectivity index (χ1n) is 10.3. The maximum atomic E-state index is 13.2. The van der Waals surface area contributed by atoms with Crippen molar-refractivity contribution in [2.24, 2.45) is 0 Å². The molecule has 0 bridgehead atoms. The Morgan fingerprint density at radius 3 is 2.33 bits per heavy atom. The van der Waals surface area contributed by atoms with Crippen molar-refractivity contribution in [3.8, 4) is 5.75 Å². The van der Waals surface area contributed by atoms with E-state index in [9.17, 15) is 9.59 Å². The highest BCUT2D eigenvalue weighted by atomic mass is 35.5. The van der Waals surface area contributed by atoms with Gasteiger partial charge in [-0.25, -0.2) is 0 Å². The van der Waals surface area contributed by atoms with Crippen LogP contribution >= 0.6 is 11.6 Å². The summed E-state index contributed by atoms with van der Waals surface area (Å²) < 4.78 is 5.80. The number of hydrogen-bond acceptors (Lipinski definition) is 3. The number of amides is 2. The van der Waals surface area contributed by atoms with Gasteiger partial charge in [0.15, 0.2) is 6.61 Å². The van der Waals surface area contributed by atoms with Crippen LogP contribution in [-0.2, 0) is 16.1 Å². The molecule has 0 fully saturated rings. The van der Waals surface area contributed by atoms with Gasteiger partial charge in [0.1, 0.15) is 11.8 Å². The Bertz CT molecular complexity index is 865. The SMILES string of the molecule is CC[C@@H](C(=O)NC(C)C)N(Cc1ccc(Cl)cc1)C(=O)COc1ccc(C)cc1C. The van der Waals surface area contributed by atoms with Crippen molar-refractivity contribution >= 4 is 23.4 Å². The first-order chi connectivity index (χ1) is 14.2. The van der Waals surface area contributed by atoms with Gasteiger partial charge >= 0.3 is 0 Å². The summed E-state index contributed by atoms with van der Waals surface area (Å²) in [5, 5.41) is 3.54. The first kappa shape index (κ1) is 23.7. The number of rotatable bonds is 9. The van der Waals surface area contributed by atoms with Crippen LogP contribution in [0.4, 0.5) is 0 Å². The predicted octanol–water partition coefficient (Wildman–Crippen LogP) is 4.67. The zero-order chi connectivity index (χ0) is 22.3. The van der Waals surface area contributed by atoms with Crippen LogP contribution in [0.5, 0.6) is 5.75 Å². The molecule has 0 saturated heterocycles. The molecule has 0 saturated carbocycles. The summed E-state index contributed by atoms with van der Waals surface area (Å²) in [5.41, 5.74) is 3.00. The van der Waals surface area contributed by atoms with Crippen molar-refractivity contribution < 1.29 is 14.3 Å². The smallest absolute Gasteiger partial charge is 0.261 e.